The van der Waals surface area contributed by atoms with E-state index >= 15 is 0 Å². The number of amidine groups is 1. The number of esters is 1. The van der Waals surface area contributed by atoms with Crippen molar-refractivity contribution in [2.45, 2.75) is 38.2 Å². The highest BCUT2D eigenvalue weighted by molar-refractivity contribution is 8.39. The van der Waals surface area contributed by atoms with Gasteiger partial charge in [0.1, 0.15) is 5.04 Å². The molecule has 144 valence electrons. The van der Waals surface area contributed by atoms with Crippen LogP contribution in [0.15, 0.2) is 10.2 Å². The largest absolute Gasteiger partial charge is 0.469 e. The number of rotatable bonds is 5. The molecule has 3 aliphatic heterocycles. The number of likely N-dealkylation sites (tertiary alicyclic amines) is 1. The maximum absolute atomic E-state index is 11.6. The minimum atomic E-state index is -0.738. The Labute approximate surface area is 155 Å². The predicted octanol–water partition coefficient (Wildman–Crippen LogP) is 1.05. The average molecular weight is 382 g/mol. The Morgan fingerprint density at radius 1 is 1.27 bits per heavy atom. The smallest absolute Gasteiger partial charge is 0.307 e. The molecule has 3 rings (SSSR count). The van der Waals surface area contributed by atoms with Gasteiger partial charge in [0, 0.05) is 29.5 Å². The molecule has 1 unspecified atom stereocenters. The molecule has 0 aromatic heterocycles. The van der Waals surface area contributed by atoms with Crippen molar-refractivity contribution in [3.8, 4) is 0 Å². The van der Waals surface area contributed by atoms with Gasteiger partial charge in [0.2, 0.25) is 0 Å². The highest BCUT2D eigenvalue weighted by Gasteiger charge is 2.33. The lowest BCUT2D eigenvalue weighted by molar-refractivity contribution is -0.142. The van der Waals surface area contributed by atoms with Crippen LogP contribution in [0.1, 0.15) is 32.1 Å². The monoisotopic (exact) mass is 382 g/mol. The molecular formula is C17H26N4O4S. The Hall–Kier alpha value is -1.54. The van der Waals surface area contributed by atoms with Gasteiger partial charge in [-0.3, -0.25) is 4.79 Å². The van der Waals surface area contributed by atoms with Crippen molar-refractivity contribution in [3.05, 3.63) is 0 Å². The summed E-state index contributed by atoms with van der Waals surface area (Å²) in [5, 5.41) is 15.9. The molecule has 0 amide bonds. The Kier molecular flexibility index (Phi) is 6.96. The Balaban J connectivity index is 1.49. The van der Waals surface area contributed by atoms with E-state index in [1.165, 1.54) is 7.11 Å². The molecule has 8 nitrogen and oxygen atoms in total. The second-order valence-electron chi connectivity index (χ2n) is 6.62. The number of nitrogens with one attached hydrogen (secondary N) is 1. The van der Waals surface area contributed by atoms with Crippen LogP contribution >= 0.6 is 10.5 Å². The zero-order chi connectivity index (χ0) is 18.4. The van der Waals surface area contributed by atoms with Gasteiger partial charge < -0.3 is 19.7 Å². The lowest BCUT2D eigenvalue weighted by Gasteiger charge is -2.33. The molecule has 0 aromatic carbocycles. The molecule has 3 aliphatic rings. The van der Waals surface area contributed by atoms with Crippen LogP contribution in [0.5, 0.6) is 0 Å². The maximum Gasteiger partial charge on any atom is 0.307 e. The molecular weight excluding hydrogens is 356 g/mol. The van der Waals surface area contributed by atoms with Gasteiger partial charge >= 0.3 is 5.97 Å². The van der Waals surface area contributed by atoms with Crippen molar-refractivity contribution in [1.82, 2.24) is 10.2 Å². The topological polar surface area (TPSA) is 92.6 Å². The maximum atomic E-state index is 11.6. The number of hydrogen-bond donors (Lipinski definition) is 1. The minimum absolute atomic E-state index is 0.129. The van der Waals surface area contributed by atoms with Gasteiger partial charge in [0.15, 0.2) is 10.4 Å². The fourth-order valence-electron chi connectivity index (χ4n) is 3.48. The van der Waals surface area contributed by atoms with Crippen LogP contribution in [-0.2, 0) is 19.1 Å². The quantitative estimate of drug-likeness (QED) is 0.564. The summed E-state index contributed by atoms with van der Waals surface area (Å²) in [6.45, 7) is 3.87. The first-order chi connectivity index (χ1) is 12.7. The van der Waals surface area contributed by atoms with Crippen molar-refractivity contribution < 1.29 is 19.1 Å². The molecule has 0 radical (unpaired) electrons. The normalized spacial score (nSPS) is 24.8. The highest BCUT2D eigenvalue weighted by atomic mass is 32.2. The third-order valence-corrected chi connectivity index (χ3v) is 6.70. The van der Waals surface area contributed by atoms with E-state index in [1.54, 1.807) is 0 Å². The number of nitrogens with zero attached hydrogens (tertiary/aromatic N) is 3. The number of carbonyl (C=O) groups excluding carboxylic acids is 2. The summed E-state index contributed by atoms with van der Waals surface area (Å²) in [5.41, 5.74) is 0. The van der Waals surface area contributed by atoms with Crippen LogP contribution < -0.4 is 5.32 Å². The first-order valence-corrected chi connectivity index (χ1v) is 10.4. The Morgan fingerprint density at radius 2 is 2.00 bits per heavy atom. The third-order valence-electron chi connectivity index (χ3n) is 5.00. The van der Waals surface area contributed by atoms with Crippen molar-refractivity contribution in [2.24, 2.45) is 16.1 Å². The fraction of sp³-hybridized carbons (Fsp3) is 0.765. The number of ether oxygens (including phenoxy) is 2. The molecule has 2 saturated heterocycles. The first-order valence-electron chi connectivity index (χ1n) is 9.14. The number of methoxy groups -OCH3 is 1. The molecule has 26 heavy (non-hydrogen) atoms. The van der Waals surface area contributed by atoms with Crippen molar-refractivity contribution in [3.63, 3.8) is 0 Å². The van der Waals surface area contributed by atoms with Crippen molar-refractivity contribution >= 4 is 31.9 Å². The fourth-order valence-corrected chi connectivity index (χ4v) is 5.08. The molecule has 0 spiro atoms. The van der Waals surface area contributed by atoms with Gasteiger partial charge in [-0.2, -0.15) is 0 Å². The lowest BCUT2D eigenvalue weighted by Crippen LogP contribution is -2.40. The summed E-state index contributed by atoms with van der Waals surface area (Å²) in [7, 11) is 0.641. The van der Waals surface area contributed by atoms with Crippen LogP contribution in [0.25, 0.3) is 0 Å². The second-order valence-corrected chi connectivity index (χ2v) is 8.18. The molecule has 3 heterocycles. The molecule has 9 heteroatoms. The van der Waals surface area contributed by atoms with E-state index in [4.69, 9.17) is 4.74 Å². The average Bonchev–Trinajstić information content (AvgIpc) is 3.13. The van der Waals surface area contributed by atoms with Crippen molar-refractivity contribution in [2.75, 3.05) is 39.9 Å². The second kappa shape index (κ2) is 9.41. The zero-order valence-electron chi connectivity index (χ0n) is 15.1. The molecule has 0 saturated carbocycles. The SMILES string of the molecule is COC(=O)CCOC1CCN(C2=NN=C(C3CCNCC3)S2=C=O)CC1. The van der Waals surface area contributed by atoms with E-state index in [0.717, 1.165) is 62.1 Å². The standard InChI is InChI=1S/C17H26N4O4S/c1-24-15(23)6-11-25-14-4-9-21(10-5-14)17-20-19-16(26(17)12-22)13-2-7-18-8-3-13/h13-14,18H,2-11H2,1H3. The van der Waals surface area contributed by atoms with E-state index in [1.807, 2.05) is 0 Å². The molecule has 0 aliphatic carbocycles. The van der Waals surface area contributed by atoms with Gasteiger partial charge in [-0.1, -0.05) is 0 Å². The van der Waals surface area contributed by atoms with E-state index in [0.29, 0.717) is 12.5 Å². The van der Waals surface area contributed by atoms with Gasteiger partial charge in [-0.25, -0.2) is 4.79 Å². The summed E-state index contributed by atoms with van der Waals surface area (Å²) >= 11 is 0. The van der Waals surface area contributed by atoms with Crippen LogP contribution in [0.3, 0.4) is 0 Å². The lowest BCUT2D eigenvalue weighted by atomic mass is 10.00. The summed E-state index contributed by atoms with van der Waals surface area (Å²) in [4.78, 5) is 24.9. The number of hydrogen-bond acceptors (Lipinski definition) is 8. The minimum Gasteiger partial charge on any atom is -0.469 e. The molecule has 2 fully saturated rings. The van der Waals surface area contributed by atoms with Gasteiger partial charge in [0.25, 0.3) is 0 Å². The van der Waals surface area contributed by atoms with E-state index < -0.39 is 10.5 Å². The van der Waals surface area contributed by atoms with Gasteiger partial charge in [-0.15, -0.1) is 10.2 Å². The molecule has 1 atom stereocenters. The number of carbonyl (C=O) groups is 1. The zero-order valence-corrected chi connectivity index (χ0v) is 15.9. The first kappa shape index (κ1) is 19.2. The summed E-state index contributed by atoms with van der Waals surface area (Å²) < 4.78 is 10.4. The van der Waals surface area contributed by atoms with E-state index in [-0.39, 0.29) is 18.5 Å². The highest BCUT2D eigenvalue weighted by Crippen LogP contribution is 2.34. The summed E-state index contributed by atoms with van der Waals surface area (Å²) in [6.07, 6.45) is 4.11. The van der Waals surface area contributed by atoms with Crippen LogP contribution in [-0.4, -0.2) is 72.3 Å². The third kappa shape index (κ3) is 4.59. The summed E-state index contributed by atoms with van der Waals surface area (Å²) in [5.74, 6) is 0.0809. The molecule has 0 aromatic rings. The Morgan fingerprint density at radius 3 is 2.65 bits per heavy atom. The van der Waals surface area contributed by atoms with E-state index in [9.17, 15) is 9.59 Å². The predicted molar refractivity (Wildman–Crippen MR) is 101 cm³/mol. The summed E-state index contributed by atoms with van der Waals surface area (Å²) in [6, 6.07) is 0. The molecule has 0 bridgehead atoms. The van der Waals surface area contributed by atoms with Gasteiger partial charge in [0.05, 0.1) is 26.2 Å². The van der Waals surface area contributed by atoms with Crippen LogP contribution in [0, 0.1) is 5.92 Å². The van der Waals surface area contributed by atoms with Crippen molar-refractivity contribution in [1.29, 1.82) is 0 Å². The molecule has 1 N–H and O–H groups in total. The Bertz CT molecular complexity index is 631. The van der Waals surface area contributed by atoms with Gasteiger partial charge in [-0.05, 0) is 38.8 Å². The van der Waals surface area contributed by atoms with Crippen LogP contribution in [0.2, 0.25) is 0 Å². The van der Waals surface area contributed by atoms with E-state index in [2.05, 4.69) is 30.4 Å². The van der Waals surface area contributed by atoms with Crippen LogP contribution in [0.4, 0.5) is 0 Å². The number of piperidine rings is 2.